The van der Waals surface area contributed by atoms with Crippen LogP contribution in [0, 0.1) is 6.92 Å². The molecule has 0 atom stereocenters. The standard InChI is InChI=1S/C19H24N4O2S/c1-15-4-5-17(26-15)14-23(13-16-6-8-20-9-7-16)19(25)21-10-12-22-11-2-3-18(22)24/h4-9H,2-3,10-14H2,1H3,(H,21,25). The number of nitrogens with one attached hydrogen (secondary N) is 1. The number of rotatable bonds is 7. The molecule has 0 saturated carbocycles. The van der Waals surface area contributed by atoms with Gasteiger partial charge in [-0.25, -0.2) is 4.79 Å². The number of pyridine rings is 1. The van der Waals surface area contributed by atoms with Gasteiger partial charge in [0, 0.05) is 54.7 Å². The zero-order chi connectivity index (χ0) is 18.4. The van der Waals surface area contributed by atoms with Gasteiger partial charge in [0.15, 0.2) is 0 Å². The number of likely N-dealkylation sites (tertiary alicyclic amines) is 1. The summed E-state index contributed by atoms with van der Waals surface area (Å²) in [4.78, 5) is 34.4. The van der Waals surface area contributed by atoms with Crippen LogP contribution >= 0.6 is 11.3 Å². The van der Waals surface area contributed by atoms with Gasteiger partial charge in [0.25, 0.3) is 0 Å². The van der Waals surface area contributed by atoms with Crippen molar-refractivity contribution in [2.24, 2.45) is 0 Å². The molecule has 0 radical (unpaired) electrons. The molecule has 1 saturated heterocycles. The lowest BCUT2D eigenvalue weighted by atomic mass is 10.2. The molecule has 1 aliphatic heterocycles. The average molecular weight is 372 g/mol. The molecule has 0 spiro atoms. The quantitative estimate of drug-likeness (QED) is 0.813. The van der Waals surface area contributed by atoms with Crippen molar-refractivity contribution in [3.8, 4) is 0 Å². The van der Waals surface area contributed by atoms with E-state index in [1.54, 1.807) is 28.6 Å². The molecule has 6 nitrogen and oxygen atoms in total. The van der Waals surface area contributed by atoms with Crippen LogP contribution in [0.4, 0.5) is 4.79 Å². The second kappa shape index (κ2) is 8.80. The highest BCUT2D eigenvalue weighted by Gasteiger charge is 2.20. The molecule has 1 aliphatic rings. The lowest BCUT2D eigenvalue weighted by molar-refractivity contribution is -0.127. The molecule has 0 aromatic carbocycles. The van der Waals surface area contributed by atoms with Crippen molar-refractivity contribution >= 4 is 23.3 Å². The second-order valence-electron chi connectivity index (χ2n) is 6.44. The van der Waals surface area contributed by atoms with Gasteiger partial charge in [-0.2, -0.15) is 0 Å². The first-order valence-electron chi connectivity index (χ1n) is 8.86. The summed E-state index contributed by atoms with van der Waals surface area (Å²) < 4.78 is 0. The number of thiophene rings is 1. The Bertz CT molecular complexity index is 747. The van der Waals surface area contributed by atoms with Crippen molar-refractivity contribution in [2.75, 3.05) is 19.6 Å². The lowest BCUT2D eigenvalue weighted by Gasteiger charge is -2.24. The Hall–Kier alpha value is -2.41. The molecule has 2 aromatic heterocycles. The van der Waals surface area contributed by atoms with Crippen LogP contribution in [0.5, 0.6) is 0 Å². The van der Waals surface area contributed by atoms with E-state index >= 15 is 0 Å². The maximum Gasteiger partial charge on any atom is 0.318 e. The normalized spacial score (nSPS) is 13.9. The van der Waals surface area contributed by atoms with E-state index in [0.717, 1.165) is 23.4 Å². The maximum atomic E-state index is 12.7. The summed E-state index contributed by atoms with van der Waals surface area (Å²) in [6.07, 6.45) is 5.01. The summed E-state index contributed by atoms with van der Waals surface area (Å²) >= 11 is 1.70. The predicted molar refractivity (Wildman–Crippen MR) is 102 cm³/mol. The number of urea groups is 1. The van der Waals surface area contributed by atoms with E-state index in [-0.39, 0.29) is 11.9 Å². The number of hydrogen-bond acceptors (Lipinski definition) is 4. The van der Waals surface area contributed by atoms with Crippen LogP contribution in [0.1, 0.15) is 28.2 Å². The maximum absolute atomic E-state index is 12.7. The SMILES string of the molecule is Cc1ccc(CN(Cc2ccncc2)C(=O)NCCN2CCCC2=O)s1. The van der Waals surface area contributed by atoms with E-state index in [1.165, 1.54) is 4.88 Å². The first kappa shape index (κ1) is 18.4. The van der Waals surface area contributed by atoms with Crippen LogP contribution in [0.25, 0.3) is 0 Å². The highest BCUT2D eigenvalue weighted by Crippen LogP contribution is 2.18. The van der Waals surface area contributed by atoms with Gasteiger partial charge in [-0.3, -0.25) is 9.78 Å². The summed E-state index contributed by atoms with van der Waals surface area (Å²) in [6.45, 7) is 4.99. The summed E-state index contributed by atoms with van der Waals surface area (Å²) in [5.41, 5.74) is 1.04. The van der Waals surface area contributed by atoms with Crippen LogP contribution in [-0.2, 0) is 17.9 Å². The third-order valence-corrected chi connectivity index (χ3v) is 5.37. The summed E-state index contributed by atoms with van der Waals surface area (Å²) in [6, 6.07) is 7.86. The van der Waals surface area contributed by atoms with Gasteiger partial charge in [0.05, 0.1) is 6.54 Å². The van der Waals surface area contributed by atoms with Gasteiger partial charge < -0.3 is 15.1 Å². The molecule has 0 aliphatic carbocycles. The lowest BCUT2D eigenvalue weighted by Crippen LogP contribution is -2.42. The van der Waals surface area contributed by atoms with Crippen LogP contribution in [0.3, 0.4) is 0 Å². The largest absolute Gasteiger partial charge is 0.341 e. The Morgan fingerprint density at radius 1 is 1.27 bits per heavy atom. The van der Waals surface area contributed by atoms with Gasteiger partial charge in [-0.1, -0.05) is 0 Å². The summed E-state index contributed by atoms with van der Waals surface area (Å²) in [5, 5.41) is 2.96. The molecule has 7 heteroatoms. The molecule has 3 amide bonds. The third-order valence-electron chi connectivity index (χ3n) is 4.38. The zero-order valence-electron chi connectivity index (χ0n) is 15.0. The van der Waals surface area contributed by atoms with E-state index in [1.807, 2.05) is 17.0 Å². The average Bonchev–Trinajstić information content (AvgIpc) is 3.23. The van der Waals surface area contributed by atoms with Crippen LogP contribution in [0.2, 0.25) is 0 Å². The van der Waals surface area contributed by atoms with Gasteiger partial charge in [-0.15, -0.1) is 11.3 Å². The number of aryl methyl sites for hydroxylation is 1. The van der Waals surface area contributed by atoms with E-state index in [9.17, 15) is 9.59 Å². The van der Waals surface area contributed by atoms with Crippen molar-refractivity contribution in [3.05, 3.63) is 52.0 Å². The third kappa shape index (κ3) is 5.05. The molecule has 3 heterocycles. The fourth-order valence-corrected chi connectivity index (χ4v) is 3.92. The Morgan fingerprint density at radius 3 is 2.73 bits per heavy atom. The number of carbonyl (C=O) groups excluding carboxylic acids is 2. The molecule has 138 valence electrons. The monoisotopic (exact) mass is 372 g/mol. The Morgan fingerprint density at radius 2 is 2.08 bits per heavy atom. The predicted octanol–water partition coefficient (Wildman–Crippen LogP) is 2.79. The minimum Gasteiger partial charge on any atom is -0.341 e. The van der Waals surface area contributed by atoms with Crippen LogP contribution in [0.15, 0.2) is 36.7 Å². The van der Waals surface area contributed by atoms with Crippen molar-refractivity contribution in [2.45, 2.75) is 32.9 Å². The number of carbonyl (C=O) groups is 2. The Balaban J connectivity index is 1.59. The van der Waals surface area contributed by atoms with Crippen LogP contribution < -0.4 is 5.32 Å². The molecule has 2 aromatic rings. The zero-order valence-corrected chi connectivity index (χ0v) is 15.8. The first-order valence-corrected chi connectivity index (χ1v) is 9.68. The molecule has 1 N–H and O–H groups in total. The van der Waals surface area contributed by atoms with Gasteiger partial charge in [0.2, 0.25) is 5.91 Å². The minimum absolute atomic E-state index is 0.112. The van der Waals surface area contributed by atoms with E-state index in [0.29, 0.717) is 32.6 Å². The summed E-state index contributed by atoms with van der Waals surface area (Å²) in [7, 11) is 0. The number of hydrogen-bond donors (Lipinski definition) is 1. The van der Waals surface area contributed by atoms with Crippen molar-refractivity contribution < 1.29 is 9.59 Å². The van der Waals surface area contributed by atoms with Gasteiger partial charge in [-0.05, 0) is 43.2 Å². The molecule has 1 fully saturated rings. The van der Waals surface area contributed by atoms with E-state index < -0.39 is 0 Å². The molecule has 0 bridgehead atoms. The highest BCUT2D eigenvalue weighted by molar-refractivity contribution is 7.11. The molecule has 26 heavy (non-hydrogen) atoms. The van der Waals surface area contributed by atoms with Crippen molar-refractivity contribution in [1.82, 2.24) is 20.1 Å². The Labute approximate surface area is 157 Å². The number of nitrogens with zero attached hydrogens (tertiary/aromatic N) is 3. The van der Waals surface area contributed by atoms with E-state index in [2.05, 4.69) is 29.4 Å². The van der Waals surface area contributed by atoms with Crippen LogP contribution in [-0.4, -0.2) is 46.4 Å². The van der Waals surface area contributed by atoms with Crippen molar-refractivity contribution in [1.29, 1.82) is 0 Å². The topological polar surface area (TPSA) is 65.5 Å². The summed E-state index contributed by atoms with van der Waals surface area (Å²) in [5.74, 6) is 0.182. The first-order chi connectivity index (χ1) is 12.6. The molecule has 0 unspecified atom stereocenters. The molecular formula is C19H24N4O2S. The fraction of sp³-hybridized carbons (Fsp3) is 0.421. The smallest absolute Gasteiger partial charge is 0.318 e. The van der Waals surface area contributed by atoms with Gasteiger partial charge in [0.1, 0.15) is 0 Å². The number of aromatic nitrogens is 1. The minimum atomic E-state index is -0.112. The molecule has 3 rings (SSSR count). The van der Waals surface area contributed by atoms with Gasteiger partial charge >= 0.3 is 6.03 Å². The fourth-order valence-electron chi connectivity index (χ4n) is 3.02. The number of amides is 3. The second-order valence-corrected chi connectivity index (χ2v) is 7.81. The van der Waals surface area contributed by atoms with Crippen molar-refractivity contribution in [3.63, 3.8) is 0 Å². The highest BCUT2D eigenvalue weighted by atomic mass is 32.1. The molecular weight excluding hydrogens is 348 g/mol. The van der Waals surface area contributed by atoms with E-state index in [4.69, 9.17) is 0 Å². The Kier molecular flexibility index (Phi) is 6.22.